The van der Waals surface area contributed by atoms with E-state index >= 15 is 0 Å². The number of aliphatic hydroxyl groups excluding tert-OH is 1. The molecule has 1 saturated heterocycles. The first-order valence-electron chi connectivity index (χ1n) is 6.38. The van der Waals surface area contributed by atoms with Crippen LogP contribution in [-0.2, 0) is 6.61 Å². The second-order valence-electron chi connectivity index (χ2n) is 4.82. The van der Waals surface area contributed by atoms with E-state index in [2.05, 4.69) is 11.8 Å². The van der Waals surface area contributed by atoms with Gasteiger partial charge in [0.1, 0.15) is 5.82 Å². The molecule has 2 rings (SSSR count). The highest BCUT2D eigenvalue weighted by Crippen LogP contribution is 2.29. The molecule has 0 radical (unpaired) electrons. The molecular formula is C14H20FNO. The summed E-state index contributed by atoms with van der Waals surface area (Å²) in [7, 11) is 0. The zero-order valence-corrected chi connectivity index (χ0v) is 10.3. The number of benzene rings is 1. The van der Waals surface area contributed by atoms with Gasteiger partial charge in [0, 0.05) is 24.3 Å². The van der Waals surface area contributed by atoms with Gasteiger partial charge < -0.3 is 10.0 Å². The third kappa shape index (κ3) is 2.78. The van der Waals surface area contributed by atoms with Crippen LogP contribution in [0.4, 0.5) is 10.1 Å². The summed E-state index contributed by atoms with van der Waals surface area (Å²) in [6, 6.07) is 4.69. The van der Waals surface area contributed by atoms with Crippen LogP contribution in [0.25, 0.3) is 0 Å². The van der Waals surface area contributed by atoms with E-state index in [1.165, 1.54) is 31.4 Å². The highest BCUT2D eigenvalue weighted by Gasteiger charge is 2.23. The number of anilines is 1. The molecule has 1 heterocycles. The Bertz CT molecular complexity index is 380. The molecule has 1 unspecified atom stereocenters. The summed E-state index contributed by atoms with van der Waals surface area (Å²) < 4.78 is 13.1. The first-order chi connectivity index (χ1) is 8.24. The Kier molecular flexibility index (Phi) is 4.00. The summed E-state index contributed by atoms with van der Waals surface area (Å²) in [4.78, 5) is 2.27. The molecule has 1 N–H and O–H groups in total. The predicted molar refractivity (Wildman–Crippen MR) is 67.6 cm³/mol. The van der Waals surface area contributed by atoms with Crippen molar-refractivity contribution in [2.24, 2.45) is 5.92 Å². The molecule has 17 heavy (non-hydrogen) atoms. The summed E-state index contributed by atoms with van der Waals surface area (Å²) in [6.07, 6.45) is 3.68. The van der Waals surface area contributed by atoms with E-state index < -0.39 is 0 Å². The lowest BCUT2D eigenvalue weighted by atomic mass is 10.0. The largest absolute Gasteiger partial charge is 0.392 e. The average molecular weight is 237 g/mol. The van der Waals surface area contributed by atoms with Crippen molar-refractivity contribution >= 4 is 5.69 Å². The van der Waals surface area contributed by atoms with Crippen LogP contribution in [0.5, 0.6) is 0 Å². The van der Waals surface area contributed by atoms with Crippen LogP contribution in [0.15, 0.2) is 18.2 Å². The first-order valence-corrected chi connectivity index (χ1v) is 6.38. The SMILES string of the molecule is CCCC1CCN(c2ccc(F)cc2CO)C1. The van der Waals surface area contributed by atoms with Crippen molar-refractivity contribution in [1.29, 1.82) is 0 Å². The van der Waals surface area contributed by atoms with Gasteiger partial charge in [-0.3, -0.25) is 0 Å². The lowest BCUT2D eigenvalue weighted by molar-refractivity contribution is 0.281. The van der Waals surface area contributed by atoms with E-state index in [1.54, 1.807) is 6.07 Å². The Morgan fingerprint density at radius 1 is 1.47 bits per heavy atom. The van der Waals surface area contributed by atoms with E-state index in [0.29, 0.717) is 5.56 Å². The van der Waals surface area contributed by atoms with Gasteiger partial charge in [0.25, 0.3) is 0 Å². The van der Waals surface area contributed by atoms with Gasteiger partial charge >= 0.3 is 0 Å². The normalized spacial score (nSPS) is 19.9. The van der Waals surface area contributed by atoms with Crippen molar-refractivity contribution in [3.8, 4) is 0 Å². The third-order valence-electron chi connectivity index (χ3n) is 3.54. The maximum Gasteiger partial charge on any atom is 0.123 e. The smallest absolute Gasteiger partial charge is 0.123 e. The Labute approximate surface area is 102 Å². The quantitative estimate of drug-likeness (QED) is 0.870. The van der Waals surface area contributed by atoms with Crippen LogP contribution in [0, 0.1) is 11.7 Å². The van der Waals surface area contributed by atoms with Crippen molar-refractivity contribution in [1.82, 2.24) is 0 Å². The fourth-order valence-corrected chi connectivity index (χ4v) is 2.68. The summed E-state index contributed by atoms with van der Waals surface area (Å²) in [5, 5.41) is 9.28. The van der Waals surface area contributed by atoms with Gasteiger partial charge in [-0.1, -0.05) is 13.3 Å². The number of halogens is 1. The lowest BCUT2D eigenvalue weighted by Gasteiger charge is -2.21. The standard InChI is InChI=1S/C14H20FNO/c1-2-3-11-6-7-16(9-11)14-5-4-13(15)8-12(14)10-17/h4-5,8,11,17H,2-3,6-7,9-10H2,1H3. The third-order valence-corrected chi connectivity index (χ3v) is 3.54. The van der Waals surface area contributed by atoms with Crippen molar-refractivity contribution in [3.63, 3.8) is 0 Å². The number of hydrogen-bond donors (Lipinski definition) is 1. The minimum absolute atomic E-state index is 0.0952. The van der Waals surface area contributed by atoms with Crippen LogP contribution in [-0.4, -0.2) is 18.2 Å². The van der Waals surface area contributed by atoms with Crippen LogP contribution in [0.2, 0.25) is 0 Å². The molecule has 3 heteroatoms. The number of aliphatic hydroxyl groups is 1. The highest BCUT2D eigenvalue weighted by atomic mass is 19.1. The highest BCUT2D eigenvalue weighted by molar-refractivity contribution is 5.54. The Morgan fingerprint density at radius 3 is 3.00 bits per heavy atom. The van der Waals surface area contributed by atoms with Crippen LogP contribution in [0.3, 0.4) is 0 Å². The molecule has 1 aliphatic rings. The fraction of sp³-hybridized carbons (Fsp3) is 0.571. The predicted octanol–water partition coefficient (Wildman–Crippen LogP) is 2.94. The monoisotopic (exact) mass is 237 g/mol. The summed E-state index contributed by atoms with van der Waals surface area (Å²) in [5.74, 6) is 0.471. The summed E-state index contributed by atoms with van der Waals surface area (Å²) >= 11 is 0. The topological polar surface area (TPSA) is 23.5 Å². The second kappa shape index (κ2) is 5.50. The zero-order chi connectivity index (χ0) is 12.3. The van der Waals surface area contributed by atoms with E-state index in [1.807, 2.05) is 0 Å². The number of rotatable bonds is 4. The molecule has 0 aliphatic carbocycles. The molecule has 2 nitrogen and oxygen atoms in total. The fourth-order valence-electron chi connectivity index (χ4n) is 2.68. The maximum atomic E-state index is 13.1. The lowest BCUT2D eigenvalue weighted by Crippen LogP contribution is -2.21. The average Bonchev–Trinajstić information content (AvgIpc) is 2.78. The van der Waals surface area contributed by atoms with E-state index in [0.717, 1.165) is 24.7 Å². The molecule has 94 valence electrons. The van der Waals surface area contributed by atoms with Gasteiger partial charge in [-0.15, -0.1) is 0 Å². The van der Waals surface area contributed by atoms with E-state index in [-0.39, 0.29) is 12.4 Å². The van der Waals surface area contributed by atoms with Crippen LogP contribution in [0.1, 0.15) is 31.7 Å². The number of hydrogen-bond acceptors (Lipinski definition) is 2. The van der Waals surface area contributed by atoms with Gasteiger partial charge in [-0.25, -0.2) is 4.39 Å². The second-order valence-corrected chi connectivity index (χ2v) is 4.82. The van der Waals surface area contributed by atoms with Crippen molar-refractivity contribution in [2.45, 2.75) is 32.8 Å². The Balaban J connectivity index is 2.12. The molecule has 1 atom stereocenters. The van der Waals surface area contributed by atoms with Gasteiger partial charge in [0.15, 0.2) is 0 Å². The maximum absolute atomic E-state index is 13.1. The number of nitrogens with zero attached hydrogens (tertiary/aromatic N) is 1. The molecule has 1 aromatic carbocycles. The molecule has 0 bridgehead atoms. The first kappa shape index (κ1) is 12.4. The van der Waals surface area contributed by atoms with Crippen LogP contribution >= 0.6 is 0 Å². The van der Waals surface area contributed by atoms with Crippen LogP contribution < -0.4 is 4.90 Å². The minimum atomic E-state index is -0.276. The Morgan fingerprint density at radius 2 is 2.29 bits per heavy atom. The van der Waals surface area contributed by atoms with Gasteiger partial charge in [0.2, 0.25) is 0 Å². The molecule has 0 aromatic heterocycles. The molecule has 0 saturated carbocycles. The molecule has 0 amide bonds. The zero-order valence-electron chi connectivity index (χ0n) is 10.3. The van der Waals surface area contributed by atoms with Crippen molar-refractivity contribution < 1.29 is 9.50 Å². The summed E-state index contributed by atoms with van der Waals surface area (Å²) in [5.41, 5.74) is 1.69. The molecular weight excluding hydrogens is 217 g/mol. The van der Waals surface area contributed by atoms with Gasteiger partial charge in [-0.2, -0.15) is 0 Å². The van der Waals surface area contributed by atoms with Crippen molar-refractivity contribution in [3.05, 3.63) is 29.6 Å². The Hall–Kier alpha value is -1.09. The summed E-state index contributed by atoms with van der Waals surface area (Å²) in [6.45, 7) is 4.16. The minimum Gasteiger partial charge on any atom is -0.392 e. The molecule has 0 spiro atoms. The van der Waals surface area contributed by atoms with Gasteiger partial charge in [0.05, 0.1) is 6.61 Å². The molecule has 1 aliphatic heterocycles. The van der Waals surface area contributed by atoms with Gasteiger partial charge in [-0.05, 0) is 37.0 Å². The van der Waals surface area contributed by atoms with Crippen molar-refractivity contribution in [2.75, 3.05) is 18.0 Å². The van der Waals surface area contributed by atoms with E-state index in [9.17, 15) is 9.50 Å². The molecule has 1 aromatic rings. The molecule has 1 fully saturated rings. The van der Waals surface area contributed by atoms with E-state index in [4.69, 9.17) is 0 Å².